The molecule has 0 spiro atoms. The molecule has 0 radical (unpaired) electrons. The van der Waals surface area contributed by atoms with Crippen LogP contribution in [0.3, 0.4) is 0 Å². The standard InChI is InChI=1S/C14H20N4O2/c1-17-6-7-18(10-12(17)5-8-19)9-11-3-2-4-13-14(11)16-20-15-13/h2-4,12,19H,5-10H2,1H3/t12-/m1/s1. The molecule has 1 N–H and O–H groups in total. The van der Waals surface area contributed by atoms with Crippen molar-refractivity contribution in [2.45, 2.75) is 19.0 Å². The lowest BCUT2D eigenvalue weighted by atomic mass is 10.1. The third-order valence-corrected chi connectivity index (χ3v) is 4.09. The monoisotopic (exact) mass is 276 g/mol. The molecule has 0 bridgehead atoms. The zero-order valence-electron chi connectivity index (χ0n) is 11.7. The first-order valence-corrected chi connectivity index (χ1v) is 7.01. The van der Waals surface area contributed by atoms with Gasteiger partial charge in [-0.25, -0.2) is 4.63 Å². The Morgan fingerprint density at radius 3 is 3.10 bits per heavy atom. The number of hydrogen-bond acceptors (Lipinski definition) is 6. The molecule has 1 atom stereocenters. The Hall–Kier alpha value is -1.50. The predicted molar refractivity (Wildman–Crippen MR) is 75.2 cm³/mol. The van der Waals surface area contributed by atoms with Crippen LogP contribution in [-0.2, 0) is 6.54 Å². The predicted octanol–water partition coefficient (Wildman–Crippen LogP) is 0.721. The van der Waals surface area contributed by atoms with Gasteiger partial charge < -0.3 is 10.0 Å². The topological polar surface area (TPSA) is 65.6 Å². The molecule has 1 aliphatic heterocycles. The molecule has 0 unspecified atom stereocenters. The molecule has 1 aromatic carbocycles. The number of aliphatic hydroxyl groups is 1. The fourth-order valence-electron chi connectivity index (χ4n) is 2.85. The van der Waals surface area contributed by atoms with Crippen LogP contribution in [0.2, 0.25) is 0 Å². The lowest BCUT2D eigenvalue weighted by molar-refractivity contribution is 0.0745. The first kappa shape index (κ1) is 13.5. The average Bonchev–Trinajstić information content (AvgIpc) is 2.92. The minimum atomic E-state index is 0.242. The summed E-state index contributed by atoms with van der Waals surface area (Å²) in [6.45, 7) is 4.11. The van der Waals surface area contributed by atoms with Crippen LogP contribution >= 0.6 is 0 Å². The first-order valence-electron chi connectivity index (χ1n) is 7.01. The highest BCUT2D eigenvalue weighted by atomic mass is 16.6. The minimum absolute atomic E-state index is 0.242. The number of fused-ring (bicyclic) bond motifs is 1. The summed E-state index contributed by atoms with van der Waals surface area (Å²) in [7, 11) is 2.12. The molecule has 108 valence electrons. The second-order valence-electron chi connectivity index (χ2n) is 5.43. The van der Waals surface area contributed by atoms with Gasteiger partial charge in [-0.3, -0.25) is 4.90 Å². The van der Waals surface area contributed by atoms with Crippen LogP contribution in [0, 0.1) is 0 Å². The van der Waals surface area contributed by atoms with Gasteiger partial charge >= 0.3 is 0 Å². The first-order chi connectivity index (χ1) is 9.78. The van der Waals surface area contributed by atoms with E-state index in [4.69, 9.17) is 9.74 Å². The van der Waals surface area contributed by atoms with E-state index < -0.39 is 0 Å². The van der Waals surface area contributed by atoms with E-state index in [1.807, 2.05) is 12.1 Å². The van der Waals surface area contributed by atoms with Crippen LogP contribution in [0.5, 0.6) is 0 Å². The smallest absolute Gasteiger partial charge is 0.139 e. The van der Waals surface area contributed by atoms with Gasteiger partial charge in [-0.2, -0.15) is 0 Å². The van der Waals surface area contributed by atoms with E-state index in [0.717, 1.165) is 49.2 Å². The maximum atomic E-state index is 9.15. The maximum absolute atomic E-state index is 9.15. The Labute approximate surface area is 117 Å². The minimum Gasteiger partial charge on any atom is -0.396 e. The summed E-state index contributed by atoms with van der Waals surface area (Å²) in [4.78, 5) is 4.73. The van der Waals surface area contributed by atoms with E-state index in [-0.39, 0.29) is 6.61 Å². The van der Waals surface area contributed by atoms with Crippen molar-refractivity contribution in [2.75, 3.05) is 33.3 Å². The zero-order valence-corrected chi connectivity index (χ0v) is 11.7. The number of likely N-dealkylation sites (N-methyl/N-ethyl adjacent to an activating group) is 1. The fraction of sp³-hybridized carbons (Fsp3) is 0.571. The lowest BCUT2D eigenvalue weighted by Gasteiger charge is -2.39. The second kappa shape index (κ2) is 5.87. The van der Waals surface area contributed by atoms with Crippen molar-refractivity contribution in [1.82, 2.24) is 20.1 Å². The molecule has 3 rings (SSSR count). The molecule has 1 saturated heterocycles. The van der Waals surface area contributed by atoms with E-state index in [9.17, 15) is 0 Å². The molecule has 0 amide bonds. The fourth-order valence-corrected chi connectivity index (χ4v) is 2.85. The summed E-state index contributed by atoms with van der Waals surface area (Å²) >= 11 is 0. The van der Waals surface area contributed by atoms with Gasteiger partial charge in [-0.05, 0) is 35.4 Å². The summed E-state index contributed by atoms with van der Waals surface area (Å²) in [5.41, 5.74) is 2.81. The molecule has 6 heteroatoms. The average molecular weight is 276 g/mol. The van der Waals surface area contributed by atoms with Crippen molar-refractivity contribution in [2.24, 2.45) is 0 Å². The van der Waals surface area contributed by atoms with Crippen LogP contribution in [-0.4, -0.2) is 64.6 Å². The van der Waals surface area contributed by atoms with E-state index in [1.165, 1.54) is 0 Å². The Kier molecular flexibility index (Phi) is 3.95. The molecular weight excluding hydrogens is 256 g/mol. The lowest BCUT2D eigenvalue weighted by Crippen LogP contribution is -2.51. The van der Waals surface area contributed by atoms with Gasteiger partial charge in [-0.1, -0.05) is 12.1 Å². The maximum Gasteiger partial charge on any atom is 0.139 e. The van der Waals surface area contributed by atoms with Crippen LogP contribution < -0.4 is 0 Å². The Balaban J connectivity index is 1.73. The van der Waals surface area contributed by atoms with Gasteiger partial charge in [0.25, 0.3) is 0 Å². The highest BCUT2D eigenvalue weighted by Crippen LogP contribution is 2.19. The van der Waals surface area contributed by atoms with Crippen LogP contribution in [0.1, 0.15) is 12.0 Å². The summed E-state index contributed by atoms with van der Waals surface area (Å²) < 4.78 is 4.81. The van der Waals surface area contributed by atoms with Gasteiger partial charge in [0.05, 0.1) is 0 Å². The van der Waals surface area contributed by atoms with E-state index in [2.05, 4.69) is 33.2 Å². The molecule has 6 nitrogen and oxygen atoms in total. The third kappa shape index (κ3) is 2.67. The molecule has 0 aliphatic carbocycles. The normalized spacial score (nSPS) is 21.6. The Morgan fingerprint density at radius 2 is 2.25 bits per heavy atom. The molecule has 1 aliphatic rings. The van der Waals surface area contributed by atoms with Crippen LogP contribution in [0.25, 0.3) is 11.0 Å². The number of aliphatic hydroxyl groups excluding tert-OH is 1. The highest BCUT2D eigenvalue weighted by molar-refractivity contribution is 5.76. The van der Waals surface area contributed by atoms with Gasteiger partial charge in [0.1, 0.15) is 11.0 Å². The summed E-state index contributed by atoms with van der Waals surface area (Å²) in [5, 5.41) is 17.0. The second-order valence-corrected chi connectivity index (χ2v) is 5.43. The van der Waals surface area contributed by atoms with Crippen molar-refractivity contribution in [3.63, 3.8) is 0 Å². The molecule has 20 heavy (non-hydrogen) atoms. The SMILES string of the molecule is CN1CCN(Cc2cccc3nonc23)C[C@H]1CCO. The van der Waals surface area contributed by atoms with E-state index >= 15 is 0 Å². The largest absolute Gasteiger partial charge is 0.396 e. The zero-order chi connectivity index (χ0) is 13.9. The number of benzene rings is 1. The molecule has 2 heterocycles. The van der Waals surface area contributed by atoms with Gasteiger partial charge in [-0.15, -0.1) is 0 Å². The van der Waals surface area contributed by atoms with E-state index in [0.29, 0.717) is 6.04 Å². The number of nitrogens with zero attached hydrogens (tertiary/aromatic N) is 4. The van der Waals surface area contributed by atoms with Crippen LogP contribution in [0.15, 0.2) is 22.8 Å². The quantitative estimate of drug-likeness (QED) is 0.887. The van der Waals surface area contributed by atoms with E-state index in [1.54, 1.807) is 0 Å². The van der Waals surface area contributed by atoms with Crippen molar-refractivity contribution in [1.29, 1.82) is 0 Å². The van der Waals surface area contributed by atoms with Crippen molar-refractivity contribution >= 4 is 11.0 Å². The Morgan fingerprint density at radius 1 is 1.35 bits per heavy atom. The van der Waals surface area contributed by atoms with Gasteiger partial charge in [0.2, 0.25) is 0 Å². The third-order valence-electron chi connectivity index (χ3n) is 4.09. The summed E-state index contributed by atoms with van der Waals surface area (Å²) in [6.07, 6.45) is 0.822. The van der Waals surface area contributed by atoms with Crippen LogP contribution in [0.4, 0.5) is 0 Å². The van der Waals surface area contributed by atoms with Gasteiger partial charge in [0, 0.05) is 38.8 Å². The number of piperazine rings is 1. The number of aromatic nitrogens is 2. The van der Waals surface area contributed by atoms with Crippen molar-refractivity contribution < 1.29 is 9.74 Å². The van der Waals surface area contributed by atoms with Crippen molar-refractivity contribution in [3.05, 3.63) is 23.8 Å². The molecule has 1 aromatic heterocycles. The molecule has 0 saturated carbocycles. The molecule has 1 fully saturated rings. The summed E-state index contributed by atoms with van der Waals surface area (Å²) in [5.74, 6) is 0. The Bertz CT molecular complexity index is 571. The molecular formula is C14H20N4O2. The number of rotatable bonds is 4. The highest BCUT2D eigenvalue weighted by Gasteiger charge is 2.24. The number of hydrogen-bond donors (Lipinski definition) is 1. The van der Waals surface area contributed by atoms with Crippen molar-refractivity contribution in [3.8, 4) is 0 Å². The summed E-state index contributed by atoms with van der Waals surface area (Å²) in [6, 6.07) is 6.39. The molecule has 2 aromatic rings. The van der Waals surface area contributed by atoms with Gasteiger partial charge in [0.15, 0.2) is 0 Å².